The molecular formula is C11H26IN3OS. The summed E-state index contributed by atoms with van der Waals surface area (Å²) < 4.78 is 5.08. The second-order valence-electron chi connectivity index (χ2n) is 3.77. The molecule has 0 aliphatic heterocycles. The van der Waals surface area contributed by atoms with Gasteiger partial charge in [-0.25, -0.2) is 0 Å². The zero-order valence-electron chi connectivity index (χ0n) is 11.4. The van der Waals surface area contributed by atoms with E-state index in [2.05, 4.69) is 42.7 Å². The highest BCUT2D eigenvalue weighted by atomic mass is 127. The molecule has 0 rings (SSSR count). The Labute approximate surface area is 127 Å². The lowest BCUT2D eigenvalue weighted by molar-refractivity contribution is 0.179. The number of guanidine groups is 1. The van der Waals surface area contributed by atoms with Gasteiger partial charge in [0.05, 0.1) is 13.2 Å². The van der Waals surface area contributed by atoms with Crippen LogP contribution in [0.3, 0.4) is 0 Å². The minimum Gasteiger partial charge on any atom is -0.383 e. The standard InChI is InChI=1S/C11H25N3OS.HI/c1-6-12-11(13-7-10(3)16-5)14-9(2)8-15-4;/h9-10H,6-8H2,1-5H3,(H2,12,13,14);1H. The van der Waals surface area contributed by atoms with Gasteiger partial charge in [-0.1, -0.05) is 6.92 Å². The highest BCUT2D eigenvalue weighted by Crippen LogP contribution is 2.04. The molecule has 0 aromatic carbocycles. The monoisotopic (exact) mass is 375 g/mol. The molecule has 0 aromatic rings. The third kappa shape index (κ3) is 11.1. The summed E-state index contributed by atoms with van der Waals surface area (Å²) in [6, 6.07) is 0.271. The lowest BCUT2D eigenvalue weighted by Crippen LogP contribution is -2.44. The first-order chi connectivity index (χ1) is 7.63. The average Bonchev–Trinajstić information content (AvgIpc) is 2.26. The number of nitrogens with zero attached hydrogens (tertiary/aromatic N) is 1. The molecule has 4 nitrogen and oxygen atoms in total. The van der Waals surface area contributed by atoms with Crippen LogP contribution in [0.25, 0.3) is 0 Å². The zero-order valence-corrected chi connectivity index (χ0v) is 14.6. The van der Waals surface area contributed by atoms with Crippen LogP contribution in [0.15, 0.2) is 4.99 Å². The number of hydrogen-bond donors (Lipinski definition) is 2. The van der Waals surface area contributed by atoms with Crippen molar-refractivity contribution in [3.63, 3.8) is 0 Å². The van der Waals surface area contributed by atoms with Gasteiger partial charge in [0.15, 0.2) is 5.96 Å². The molecule has 2 atom stereocenters. The molecule has 104 valence electrons. The van der Waals surface area contributed by atoms with Crippen LogP contribution in [-0.2, 0) is 4.74 Å². The lowest BCUT2D eigenvalue weighted by atomic mass is 10.4. The fourth-order valence-electron chi connectivity index (χ4n) is 1.14. The SMILES string of the molecule is CCNC(=NCC(C)SC)NC(C)COC.I. The summed E-state index contributed by atoms with van der Waals surface area (Å²) in [5.74, 6) is 0.868. The van der Waals surface area contributed by atoms with Crippen LogP contribution < -0.4 is 10.6 Å². The second kappa shape index (κ2) is 12.8. The zero-order chi connectivity index (χ0) is 12.4. The van der Waals surface area contributed by atoms with Gasteiger partial charge in [0.25, 0.3) is 0 Å². The molecule has 0 amide bonds. The number of nitrogens with one attached hydrogen (secondary N) is 2. The Morgan fingerprint density at radius 3 is 2.53 bits per heavy atom. The van der Waals surface area contributed by atoms with Gasteiger partial charge in [0.2, 0.25) is 0 Å². The maximum absolute atomic E-state index is 5.08. The largest absolute Gasteiger partial charge is 0.383 e. The highest BCUT2D eigenvalue weighted by molar-refractivity contribution is 14.0. The summed E-state index contributed by atoms with van der Waals surface area (Å²) in [5, 5.41) is 7.08. The van der Waals surface area contributed by atoms with Crippen LogP contribution in [0.4, 0.5) is 0 Å². The number of methoxy groups -OCH3 is 1. The van der Waals surface area contributed by atoms with E-state index in [0.717, 1.165) is 19.0 Å². The first-order valence-corrected chi connectivity index (χ1v) is 6.99. The molecule has 6 heteroatoms. The fraction of sp³-hybridized carbons (Fsp3) is 0.909. The summed E-state index contributed by atoms with van der Waals surface area (Å²) >= 11 is 1.83. The Morgan fingerprint density at radius 2 is 2.06 bits per heavy atom. The van der Waals surface area contributed by atoms with Gasteiger partial charge in [-0.15, -0.1) is 24.0 Å². The van der Waals surface area contributed by atoms with Gasteiger partial charge < -0.3 is 15.4 Å². The van der Waals surface area contributed by atoms with Gasteiger partial charge >= 0.3 is 0 Å². The molecule has 0 heterocycles. The molecule has 0 aromatic heterocycles. The van der Waals surface area contributed by atoms with Gasteiger partial charge in [0, 0.05) is 24.9 Å². The third-order valence-corrected chi connectivity index (χ3v) is 3.01. The van der Waals surface area contributed by atoms with E-state index < -0.39 is 0 Å². The Kier molecular flexibility index (Phi) is 14.7. The quantitative estimate of drug-likeness (QED) is 0.406. The molecule has 2 unspecified atom stereocenters. The van der Waals surface area contributed by atoms with Crippen LogP contribution >= 0.6 is 35.7 Å². The van der Waals surface area contributed by atoms with E-state index in [1.165, 1.54) is 0 Å². The van der Waals surface area contributed by atoms with Crippen molar-refractivity contribution >= 4 is 41.7 Å². The predicted octanol–water partition coefficient (Wildman–Crippen LogP) is 1.95. The van der Waals surface area contributed by atoms with E-state index in [1.54, 1.807) is 7.11 Å². The minimum atomic E-state index is 0. The molecule has 17 heavy (non-hydrogen) atoms. The molecule has 2 N–H and O–H groups in total. The molecule has 0 fully saturated rings. The van der Waals surface area contributed by atoms with E-state index in [4.69, 9.17) is 4.74 Å². The molecule has 0 aliphatic rings. The Balaban J connectivity index is 0. The van der Waals surface area contributed by atoms with Gasteiger partial charge in [0.1, 0.15) is 0 Å². The molecule has 0 saturated heterocycles. The summed E-state index contributed by atoms with van der Waals surface area (Å²) in [5.41, 5.74) is 0. The van der Waals surface area contributed by atoms with Crippen molar-refractivity contribution in [3.8, 4) is 0 Å². The van der Waals surface area contributed by atoms with Crippen molar-refractivity contribution in [2.45, 2.75) is 32.1 Å². The molecule has 0 saturated carbocycles. The number of thioether (sulfide) groups is 1. The van der Waals surface area contributed by atoms with Crippen molar-refractivity contribution in [1.82, 2.24) is 10.6 Å². The predicted molar refractivity (Wildman–Crippen MR) is 88.8 cm³/mol. The number of ether oxygens (including phenoxy) is 1. The van der Waals surface area contributed by atoms with Gasteiger partial charge in [-0.05, 0) is 20.1 Å². The molecule has 0 radical (unpaired) electrons. The number of hydrogen-bond acceptors (Lipinski definition) is 3. The Morgan fingerprint density at radius 1 is 1.41 bits per heavy atom. The normalized spacial score (nSPS) is 14.8. The molecule has 0 aliphatic carbocycles. The first kappa shape index (κ1) is 19.6. The minimum absolute atomic E-state index is 0. The van der Waals surface area contributed by atoms with Crippen LogP contribution in [0.1, 0.15) is 20.8 Å². The van der Waals surface area contributed by atoms with Crippen LogP contribution in [0.2, 0.25) is 0 Å². The van der Waals surface area contributed by atoms with Crippen molar-refractivity contribution in [2.75, 3.05) is 33.1 Å². The molecular weight excluding hydrogens is 349 g/mol. The third-order valence-electron chi connectivity index (χ3n) is 2.05. The average molecular weight is 375 g/mol. The number of halogens is 1. The summed E-state index contributed by atoms with van der Waals surface area (Å²) in [7, 11) is 1.71. The summed E-state index contributed by atoms with van der Waals surface area (Å²) in [6.45, 7) is 8.71. The fourth-order valence-corrected chi connectivity index (χ4v) is 1.36. The van der Waals surface area contributed by atoms with Crippen molar-refractivity contribution in [1.29, 1.82) is 0 Å². The Hall–Kier alpha value is 0.310. The lowest BCUT2D eigenvalue weighted by Gasteiger charge is -2.17. The molecule has 0 bridgehead atoms. The topological polar surface area (TPSA) is 45.7 Å². The van der Waals surface area contributed by atoms with Crippen molar-refractivity contribution in [3.05, 3.63) is 0 Å². The summed E-state index contributed by atoms with van der Waals surface area (Å²) in [6.07, 6.45) is 2.11. The van der Waals surface area contributed by atoms with Crippen molar-refractivity contribution < 1.29 is 4.74 Å². The van der Waals surface area contributed by atoms with Crippen molar-refractivity contribution in [2.24, 2.45) is 4.99 Å². The summed E-state index contributed by atoms with van der Waals surface area (Å²) in [4.78, 5) is 4.52. The molecule has 0 spiro atoms. The maximum Gasteiger partial charge on any atom is 0.191 e. The smallest absolute Gasteiger partial charge is 0.191 e. The Bertz CT molecular complexity index is 205. The van der Waals surface area contributed by atoms with Gasteiger partial charge in [-0.3, -0.25) is 4.99 Å². The van der Waals surface area contributed by atoms with Gasteiger partial charge in [-0.2, -0.15) is 11.8 Å². The van der Waals surface area contributed by atoms with E-state index in [9.17, 15) is 0 Å². The van der Waals surface area contributed by atoms with E-state index in [0.29, 0.717) is 11.9 Å². The maximum atomic E-state index is 5.08. The van der Waals surface area contributed by atoms with E-state index in [-0.39, 0.29) is 30.0 Å². The van der Waals surface area contributed by atoms with Crippen LogP contribution in [0, 0.1) is 0 Å². The first-order valence-electron chi connectivity index (χ1n) is 5.70. The number of rotatable bonds is 7. The van der Waals surface area contributed by atoms with Crippen LogP contribution in [0.5, 0.6) is 0 Å². The highest BCUT2D eigenvalue weighted by Gasteiger charge is 2.05. The van der Waals surface area contributed by atoms with E-state index in [1.807, 2.05) is 11.8 Å². The van der Waals surface area contributed by atoms with E-state index >= 15 is 0 Å². The number of aliphatic imine (C=N–C) groups is 1. The second-order valence-corrected chi connectivity index (χ2v) is 5.04. The van der Waals surface area contributed by atoms with Crippen LogP contribution in [-0.4, -0.2) is 50.3 Å².